The maximum absolute atomic E-state index is 11.6. The van der Waals surface area contributed by atoms with E-state index in [0.29, 0.717) is 36.2 Å². The number of anilines is 4. The summed E-state index contributed by atoms with van der Waals surface area (Å²) >= 11 is 0. The predicted molar refractivity (Wildman–Crippen MR) is 108 cm³/mol. The van der Waals surface area contributed by atoms with Gasteiger partial charge in [0, 0.05) is 19.2 Å². The first-order chi connectivity index (χ1) is 13.8. The number of nitrogens with two attached hydrogens (primary N) is 1. The van der Waals surface area contributed by atoms with Crippen LogP contribution in [0.15, 0.2) is 18.2 Å². The van der Waals surface area contributed by atoms with Gasteiger partial charge >= 0.3 is 5.69 Å². The molecule has 1 aliphatic rings. The van der Waals surface area contributed by atoms with E-state index in [9.17, 15) is 10.1 Å². The van der Waals surface area contributed by atoms with Crippen LogP contribution in [0.3, 0.4) is 0 Å². The van der Waals surface area contributed by atoms with Crippen molar-refractivity contribution in [3.63, 3.8) is 0 Å². The number of nitrogen functional groups attached to an aromatic ring is 1. The largest absolute Gasteiger partial charge is 0.497 e. The van der Waals surface area contributed by atoms with Gasteiger partial charge < -0.3 is 30.2 Å². The summed E-state index contributed by atoms with van der Waals surface area (Å²) in [5.74, 6) is 1.05. The highest BCUT2D eigenvalue weighted by Gasteiger charge is 2.29. The molecule has 1 aromatic carbocycles. The van der Waals surface area contributed by atoms with Gasteiger partial charge in [-0.05, 0) is 26.0 Å². The molecular formula is C18H24N6O5. The van der Waals surface area contributed by atoms with E-state index in [4.69, 9.17) is 19.9 Å². The van der Waals surface area contributed by atoms with Gasteiger partial charge in [-0.15, -0.1) is 0 Å². The van der Waals surface area contributed by atoms with Crippen molar-refractivity contribution in [3.8, 4) is 11.5 Å². The van der Waals surface area contributed by atoms with Gasteiger partial charge in [0.05, 0.1) is 37.0 Å². The molecule has 2 heterocycles. The molecule has 0 amide bonds. The Morgan fingerprint density at radius 1 is 1.24 bits per heavy atom. The third-order valence-corrected chi connectivity index (χ3v) is 4.44. The van der Waals surface area contributed by atoms with Crippen LogP contribution in [0.25, 0.3) is 0 Å². The standard InChI is InChI=1S/C18H24N6O5/c1-10-8-23(9-11(2)29-10)18-21-16(19)15(24(25)26)17(22-18)20-13-7-12(27-3)5-6-14(13)28-4/h5-7,10-11H,8-9H2,1-4H3,(H3,19,20,21,22). The number of hydrogen-bond donors (Lipinski definition) is 2. The van der Waals surface area contributed by atoms with Crippen LogP contribution in [0.5, 0.6) is 11.5 Å². The molecule has 3 N–H and O–H groups in total. The zero-order valence-corrected chi connectivity index (χ0v) is 16.7. The number of ether oxygens (including phenoxy) is 3. The number of morpholine rings is 1. The number of hydrogen-bond acceptors (Lipinski definition) is 10. The Hall–Kier alpha value is -3.34. The van der Waals surface area contributed by atoms with Crippen molar-refractivity contribution < 1.29 is 19.1 Å². The second-order valence-corrected chi connectivity index (χ2v) is 6.72. The van der Waals surface area contributed by atoms with E-state index < -0.39 is 10.6 Å². The summed E-state index contributed by atoms with van der Waals surface area (Å²) < 4.78 is 16.3. The highest BCUT2D eigenvalue weighted by atomic mass is 16.6. The minimum absolute atomic E-state index is 0.0316. The zero-order chi connectivity index (χ0) is 21.1. The van der Waals surface area contributed by atoms with Crippen molar-refractivity contribution in [3.05, 3.63) is 28.3 Å². The second-order valence-electron chi connectivity index (χ2n) is 6.72. The average molecular weight is 404 g/mol. The highest BCUT2D eigenvalue weighted by molar-refractivity contribution is 5.77. The molecule has 1 saturated heterocycles. The third-order valence-electron chi connectivity index (χ3n) is 4.44. The van der Waals surface area contributed by atoms with E-state index in [2.05, 4.69) is 15.3 Å². The molecule has 0 saturated carbocycles. The number of nitro groups is 1. The Bertz CT molecular complexity index is 899. The SMILES string of the molecule is COc1ccc(OC)c(Nc2nc(N3CC(C)OC(C)C3)nc(N)c2[N+](=O)[O-])c1. The van der Waals surface area contributed by atoms with Crippen LogP contribution in [0.2, 0.25) is 0 Å². The number of nitrogens with zero attached hydrogens (tertiary/aromatic N) is 4. The minimum Gasteiger partial charge on any atom is -0.497 e. The van der Waals surface area contributed by atoms with Gasteiger partial charge in [-0.1, -0.05) is 0 Å². The van der Waals surface area contributed by atoms with Gasteiger partial charge in [-0.3, -0.25) is 10.1 Å². The van der Waals surface area contributed by atoms with Gasteiger partial charge in [0.25, 0.3) is 0 Å². The normalized spacial score (nSPS) is 19.0. The number of benzene rings is 1. The Kier molecular flexibility index (Phi) is 5.87. The van der Waals surface area contributed by atoms with E-state index in [1.54, 1.807) is 18.2 Å². The third kappa shape index (κ3) is 4.40. The van der Waals surface area contributed by atoms with Crippen LogP contribution in [-0.2, 0) is 4.74 Å². The van der Waals surface area contributed by atoms with Crippen LogP contribution in [0, 0.1) is 10.1 Å². The van der Waals surface area contributed by atoms with Crippen molar-refractivity contribution in [1.29, 1.82) is 0 Å². The molecule has 0 aliphatic carbocycles. The summed E-state index contributed by atoms with van der Waals surface area (Å²) in [6.07, 6.45) is -0.0673. The minimum atomic E-state index is -0.612. The van der Waals surface area contributed by atoms with Crippen molar-refractivity contribution in [1.82, 2.24) is 9.97 Å². The molecule has 2 atom stereocenters. The second kappa shape index (κ2) is 8.35. The lowest BCUT2D eigenvalue weighted by molar-refractivity contribution is -0.383. The van der Waals surface area contributed by atoms with E-state index in [1.165, 1.54) is 14.2 Å². The Balaban J connectivity index is 2.05. The quantitative estimate of drug-likeness (QED) is 0.545. The Labute approximate surface area is 167 Å². The number of rotatable bonds is 6. The molecule has 29 heavy (non-hydrogen) atoms. The number of nitrogens with one attached hydrogen (secondary N) is 1. The van der Waals surface area contributed by atoms with Gasteiger partial charge in [0.15, 0.2) is 0 Å². The Morgan fingerprint density at radius 3 is 2.52 bits per heavy atom. The summed E-state index contributed by atoms with van der Waals surface area (Å²) in [6, 6.07) is 5.05. The van der Waals surface area contributed by atoms with Crippen molar-refractivity contribution >= 4 is 29.0 Å². The molecule has 0 radical (unpaired) electrons. The first kappa shape index (κ1) is 20.4. The fourth-order valence-electron chi connectivity index (χ4n) is 3.25. The first-order valence-electron chi connectivity index (χ1n) is 9.03. The molecule has 1 aliphatic heterocycles. The molecule has 1 fully saturated rings. The van der Waals surface area contributed by atoms with E-state index in [-0.39, 0.29) is 23.8 Å². The molecule has 2 unspecified atom stereocenters. The van der Waals surface area contributed by atoms with Gasteiger partial charge in [0.1, 0.15) is 11.5 Å². The fourth-order valence-corrected chi connectivity index (χ4v) is 3.25. The molecule has 156 valence electrons. The van der Waals surface area contributed by atoms with Crippen LogP contribution < -0.4 is 25.4 Å². The number of aromatic nitrogens is 2. The average Bonchev–Trinajstić information content (AvgIpc) is 2.66. The van der Waals surface area contributed by atoms with Gasteiger partial charge in [0.2, 0.25) is 17.6 Å². The summed E-state index contributed by atoms with van der Waals surface area (Å²) in [4.78, 5) is 21.5. The van der Waals surface area contributed by atoms with E-state index >= 15 is 0 Å². The summed E-state index contributed by atoms with van der Waals surface area (Å²) in [6.45, 7) is 4.97. The summed E-state index contributed by atoms with van der Waals surface area (Å²) in [5.41, 5.74) is 5.97. The maximum atomic E-state index is 11.6. The lowest BCUT2D eigenvalue weighted by Crippen LogP contribution is -2.46. The molecule has 11 heteroatoms. The van der Waals surface area contributed by atoms with Gasteiger partial charge in [-0.25, -0.2) is 0 Å². The lowest BCUT2D eigenvalue weighted by Gasteiger charge is -2.35. The van der Waals surface area contributed by atoms with Crippen molar-refractivity contribution in [2.24, 2.45) is 0 Å². The lowest BCUT2D eigenvalue weighted by atomic mass is 10.2. The molecule has 11 nitrogen and oxygen atoms in total. The van der Waals surface area contributed by atoms with Gasteiger partial charge in [-0.2, -0.15) is 9.97 Å². The molecule has 2 aromatic rings. The van der Waals surface area contributed by atoms with Crippen molar-refractivity contribution in [2.75, 3.05) is 43.3 Å². The predicted octanol–water partition coefficient (Wildman–Crippen LogP) is 2.34. The van der Waals surface area contributed by atoms with Crippen LogP contribution >= 0.6 is 0 Å². The van der Waals surface area contributed by atoms with Crippen LogP contribution in [-0.4, -0.2) is 54.4 Å². The molecule has 0 bridgehead atoms. The summed E-state index contributed by atoms with van der Waals surface area (Å²) in [5, 5.41) is 14.6. The van der Waals surface area contributed by atoms with Crippen LogP contribution in [0.4, 0.5) is 29.0 Å². The highest BCUT2D eigenvalue weighted by Crippen LogP contribution is 2.37. The summed E-state index contributed by atoms with van der Waals surface area (Å²) in [7, 11) is 3.02. The van der Waals surface area contributed by atoms with E-state index in [1.807, 2.05) is 18.7 Å². The van der Waals surface area contributed by atoms with E-state index in [0.717, 1.165) is 0 Å². The fraction of sp³-hybridized carbons (Fsp3) is 0.444. The van der Waals surface area contributed by atoms with Crippen LogP contribution in [0.1, 0.15) is 13.8 Å². The molecule has 1 aromatic heterocycles. The monoisotopic (exact) mass is 404 g/mol. The zero-order valence-electron chi connectivity index (χ0n) is 16.7. The smallest absolute Gasteiger partial charge is 0.353 e. The van der Waals surface area contributed by atoms with Crippen molar-refractivity contribution in [2.45, 2.75) is 26.1 Å². The number of methoxy groups -OCH3 is 2. The Morgan fingerprint density at radius 2 is 1.93 bits per heavy atom. The molecule has 3 rings (SSSR count). The topological polar surface area (TPSA) is 138 Å². The molecular weight excluding hydrogens is 380 g/mol. The first-order valence-corrected chi connectivity index (χ1v) is 9.03. The maximum Gasteiger partial charge on any atom is 0.353 e. The molecule has 0 spiro atoms.